The van der Waals surface area contributed by atoms with E-state index in [1.165, 1.54) is 24.4 Å². The van der Waals surface area contributed by atoms with Crippen molar-refractivity contribution in [2.45, 2.75) is 6.42 Å². The van der Waals surface area contributed by atoms with Gasteiger partial charge in [0.2, 0.25) is 5.78 Å². The summed E-state index contributed by atoms with van der Waals surface area (Å²) in [6.07, 6.45) is 3.18. The van der Waals surface area contributed by atoms with E-state index >= 15 is 0 Å². The van der Waals surface area contributed by atoms with Crippen molar-refractivity contribution in [3.8, 4) is 6.01 Å². The Bertz CT molecular complexity index is 402. The molecule has 6 heteroatoms. The van der Waals surface area contributed by atoms with E-state index in [1.54, 1.807) is 0 Å². The number of Topliss-reactive ketones (excluding diaryl/α,β-unsaturated/α-hetero) is 1. The predicted octanol–water partition coefficient (Wildman–Crippen LogP) is -0.209. The summed E-state index contributed by atoms with van der Waals surface area (Å²) in [4.78, 5) is 31.5. The van der Waals surface area contributed by atoms with Gasteiger partial charge in [0.15, 0.2) is 0 Å². The Morgan fingerprint density at radius 1 is 1.33 bits per heavy atom. The van der Waals surface area contributed by atoms with Gasteiger partial charge in [-0.1, -0.05) is 0 Å². The number of carbonyl (C=O) groups is 2. The van der Waals surface area contributed by atoms with E-state index in [9.17, 15) is 9.59 Å². The Morgan fingerprint density at radius 3 is 2.47 bits per heavy atom. The molecule has 0 aliphatic carbocycles. The molecule has 1 amide bonds. The third kappa shape index (κ3) is 1.65. The number of aromatic nitrogens is 2. The molecule has 1 aliphatic heterocycles. The molecule has 15 heavy (non-hydrogen) atoms. The summed E-state index contributed by atoms with van der Waals surface area (Å²) in [6.45, 7) is 0.396. The van der Waals surface area contributed by atoms with Gasteiger partial charge in [0, 0.05) is 13.0 Å². The number of rotatable bonds is 2. The molecule has 1 saturated heterocycles. The topological polar surface area (TPSA) is 72.4 Å². The minimum atomic E-state index is -0.497. The largest absolute Gasteiger partial charge is 0.467 e. The number of carbonyl (C=O) groups excluding carboxylic acids is 2. The summed E-state index contributed by atoms with van der Waals surface area (Å²) in [5.74, 6) is -0.866. The molecule has 2 heterocycles. The van der Waals surface area contributed by atoms with Crippen LogP contribution in [0.15, 0.2) is 12.4 Å². The van der Waals surface area contributed by atoms with Gasteiger partial charge in [-0.05, 0) is 0 Å². The van der Waals surface area contributed by atoms with E-state index in [1.807, 2.05) is 0 Å². The van der Waals surface area contributed by atoms with Gasteiger partial charge in [-0.25, -0.2) is 9.97 Å². The van der Waals surface area contributed by atoms with Crippen LogP contribution in [0.25, 0.3) is 0 Å². The van der Waals surface area contributed by atoms with Crippen molar-refractivity contribution in [1.82, 2.24) is 9.97 Å². The van der Waals surface area contributed by atoms with E-state index in [4.69, 9.17) is 4.74 Å². The van der Waals surface area contributed by atoms with Crippen molar-refractivity contribution in [1.29, 1.82) is 0 Å². The summed E-state index contributed by atoms with van der Waals surface area (Å²) in [5, 5.41) is 0. The van der Waals surface area contributed by atoms with Crippen LogP contribution >= 0.6 is 0 Å². The first-order valence-corrected chi connectivity index (χ1v) is 4.43. The molecule has 6 nitrogen and oxygen atoms in total. The number of amides is 1. The van der Waals surface area contributed by atoms with Crippen LogP contribution < -0.4 is 9.64 Å². The normalized spacial score (nSPS) is 15.9. The maximum absolute atomic E-state index is 11.3. The van der Waals surface area contributed by atoms with E-state index in [0.29, 0.717) is 12.2 Å². The number of hydrogen-bond acceptors (Lipinski definition) is 5. The van der Waals surface area contributed by atoms with Crippen molar-refractivity contribution >= 4 is 17.4 Å². The second-order valence-electron chi connectivity index (χ2n) is 3.06. The first-order chi connectivity index (χ1) is 7.22. The van der Waals surface area contributed by atoms with E-state index < -0.39 is 5.91 Å². The van der Waals surface area contributed by atoms with Crippen molar-refractivity contribution in [3.05, 3.63) is 12.4 Å². The molecule has 1 fully saturated rings. The van der Waals surface area contributed by atoms with Gasteiger partial charge in [-0.2, -0.15) is 0 Å². The number of methoxy groups -OCH3 is 1. The molecular formula is C9H9N3O3. The van der Waals surface area contributed by atoms with Gasteiger partial charge in [-0.15, -0.1) is 0 Å². The molecule has 0 radical (unpaired) electrons. The molecule has 0 unspecified atom stereocenters. The highest BCUT2D eigenvalue weighted by Gasteiger charge is 2.30. The Balaban J connectivity index is 2.23. The molecule has 0 spiro atoms. The number of nitrogens with zero attached hydrogens (tertiary/aromatic N) is 3. The van der Waals surface area contributed by atoms with Crippen LogP contribution in [-0.2, 0) is 9.59 Å². The predicted molar refractivity (Wildman–Crippen MR) is 50.6 cm³/mol. The molecule has 2 rings (SSSR count). The zero-order chi connectivity index (χ0) is 10.8. The summed E-state index contributed by atoms with van der Waals surface area (Å²) in [6, 6.07) is 0.233. The molecule has 0 atom stereocenters. The Morgan fingerprint density at radius 2 is 2.00 bits per heavy atom. The molecule has 0 bridgehead atoms. The third-order valence-corrected chi connectivity index (χ3v) is 2.15. The van der Waals surface area contributed by atoms with E-state index in [-0.39, 0.29) is 18.2 Å². The number of anilines is 1. The standard InChI is InChI=1S/C9H9N3O3/c1-15-9-10-4-6(5-11-9)12-3-2-7(13)8(12)14/h4-5H,2-3H2,1H3. The van der Waals surface area contributed by atoms with Gasteiger partial charge in [0.1, 0.15) is 0 Å². The Kier molecular flexibility index (Phi) is 2.32. The first-order valence-electron chi connectivity index (χ1n) is 4.43. The fourth-order valence-corrected chi connectivity index (χ4v) is 1.37. The lowest BCUT2D eigenvalue weighted by Crippen LogP contribution is -2.27. The molecule has 1 aromatic heterocycles. The fourth-order valence-electron chi connectivity index (χ4n) is 1.37. The lowest BCUT2D eigenvalue weighted by molar-refractivity contribution is -0.133. The smallest absolute Gasteiger partial charge is 0.316 e. The molecule has 1 aliphatic rings. The second kappa shape index (κ2) is 3.64. The van der Waals surface area contributed by atoms with Gasteiger partial charge in [0.25, 0.3) is 5.91 Å². The maximum atomic E-state index is 11.3. The van der Waals surface area contributed by atoms with Gasteiger partial charge in [0.05, 0.1) is 25.2 Å². The quantitative estimate of drug-likeness (QED) is 0.627. The monoisotopic (exact) mass is 207 g/mol. The van der Waals surface area contributed by atoms with Crippen molar-refractivity contribution < 1.29 is 14.3 Å². The SMILES string of the molecule is COc1ncc(N2CCC(=O)C2=O)cn1. The van der Waals surface area contributed by atoms with Crippen LogP contribution in [0.2, 0.25) is 0 Å². The van der Waals surface area contributed by atoms with Gasteiger partial charge < -0.3 is 9.64 Å². The van der Waals surface area contributed by atoms with Crippen molar-refractivity contribution in [3.63, 3.8) is 0 Å². The lowest BCUT2D eigenvalue weighted by Gasteiger charge is -2.13. The van der Waals surface area contributed by atoms with Crippen LogP contribution in [-0.4, -0.2) is 35.3 Å². The fraction of sp³-hybridized carbons (Fsp3) is 0.333. The highest BCUT2D eigenvalue weighted by Crippen LogP contribution is 2.18. The van der Waals surface area contributed by atoms with Crippen LogP contribution in [0, 0.1) is 0 Å². The Hall–Kier alpha value is -1.98. The number of hydrogen-bond donors (Lipinski definition) is 0. The zero-order valence-electron chi connectivity index (χ0n) is 8.14. The van der Waals surface area contributed by atoms with Gasteiger partial charge in [-0.3, -0.25) is 9.59 Å². The lowest BCUT2D eigenvalue weighted by atomic mass is 10.3. The molecular weight excluding hydrogens is 198 g/mol. The summed E-state index contributed by atoms with van der Waals surface area (Å²) in [5.41, 5.74) is 0.520. The Labute approximate surface area is 85.9 Å². The molecule has 1 aromatic rings. The van der Waals surface area contributed by atoms with E-state index in [0.717, 1.165) is 0 Å². The summed E-state index contributed by atoms with van der Waals surface area (Å²) >= 11 is 0. The van der Waals surface area contributed by atoms with Crippen molar-refractivity contribution in [2.75, 3.05) is 18.6 Å². The van der Waals surface area contributed by atoms with Crippen LogP contribution in [0.1, 0.15) is 6.42 Å². The first kappa shape index (κ1) is 9.57. The van der Waals surface area contributed by atoms with Crippen molar-refractivity contribution in [2.24, 2.45) is 0 Å². The van der Waals surface area contributed by atoms with Crippen LogP contribution in [0.5, 0.6) is 6.01 Å². The van der Waals surface area contributed by atoms with E-state index in [2.05, 4.69) is 9.97 Å². The van der Waals surface area contributed by atoms with Crippen LogP contribution in [0.4, 0.5) is 5.69 Å². The number of ether oxygens (including phenoxy) is 1. The van der Waals surface area contributed by atoms with Gasteiger partial charge >= 0.3 is 6.01 Å². The zero-order valence-corrected chi connectivity index (χ0v) is 8.14. The molecule has 0 saturated carbocycles. The second-order valence-corrected chi connectivity index (χ2v) is 3.06. The summed E-state index contributed by atoms with van der Waals surface area (Å²) in [7, 11) is 1.46. The van der Waals surface area contributed by atoms with Crippen LogP contribution in [0.3, 0.4) is 0 Å². The molecule has 78 valence electrons. The maximum Gasteiger partial charge on any atom is 0.316 e. The third-order valence-electron chi connectivity index (χ3n) is 2.15. The minimum Gasteiger partial charge on any atom is -0.467 e. The average molecular weight is 207 g/mol. The molecule has 0 aromatic carbocycles. The number of ketones is 1. The highest BCUT2D eigenvalue weighted by atomic mass is 16.5. The average Bonchev–Trinajstić information content (AvgIpc) is 2.60. The summed E-state index contributed by atoms with van der Waals surface area (Å²) < 4.78 is 4.79. The minimum absolute atomic E-state index is 0.233. The molecule has 0 N–H and O–H groups in total. The highest BCUT2D eigenvalue weighted by molar-refractivity contribution is 6.43.